The van der Waals surface area contributed by atoms with Gasteiger partial charge in [0, 0.05) is 18.7 Å². The van der Waals surface area contributed by atoms with Crippen LogP contribution >= 0.6 is 0 Å². The van der Waals surface area contributed by atoms with Crippen molar-refractivity contribution in [3.8, 4) is 0 Å². The monoisotopic (exact) mass is 309 g/mol. The topological polar surface area (TPSA) is 125 Å². The Morgan fingerprint density at radius 2 is 1.86 bits per heavy atom. The molecular weight excluding hydrogens is 290 g/mol. The summed E-state index contributed by atoms with van der Waals surface area (Å²) in [6.45, 7) is 5.10. The minimum absolute atomic E-state index is 0.0535. The summed E-state index contributed by atoms with van der Waals surface area (Å²) in [5.41, 5.74) is 5.05. The number of carbonyl (C=O) groups excluding carboxylic acids is 2. The van der Waals surface area contributed by atoms with Gasteiger partial charge in [0.1, 0.15) is 5.60 Å². The zero-order chi connectivity index (χ0) is 16.9. The molecule has 8 heteroatoms. The molecule has 120 valence electrons. The van der Waals surface area contributed by atoms with Crippen molar-refractivity contribution in [2.45, 2.75) is 32.3 Å². The van der Waals surface area contributed by atoms with Crippen molar-refractivity contribution >= 4 is 17.7 Å². The van der Waals surface area contributed by atoms with Crippen molar-refractivity contribution in [3.05, 3.63) is 39.9 Å². The van der Waals surface area contributed by atoms with Gasteiger partial charge in [-0.3, -0.25) is 14.9 Å². The fourth-order valence-electron chi connectivity index (χ4n) is 1.71. The summed E-state index contributed by atoms with van der Waals surface area (Å²) < 4.78 is 5.06. The minimum atomic E-state index is -0.798. The fraction of sp³-hybridized carbons (Fsp3) is 0.429. The lowest BCUT2D eigenvalue weighted by Crippen LogP contribution is -2.38. The zero-order valence-corrected chi connectivity index (χ0v) is 12.7. The maximum Gasteiger partial charge on any atom is 0.407 e. The Balaban J connectivity index is 2.76. The zero-order valence-electron chi connectivity index (χ0n) is 12.7. The number of nitrogens with two attached hydrogens (primary N) is 1. The first-order valence-corrected chi connectivity index (χ1v) is 6.60. The number of amides is 2. The van der Waals surface area contributed by atoms with E-state index in [9.17, 15) is 19.7 Å². The van der Waals surface area contributed by atoms with Gasteiger partial charge in [-0.15, -0.1) is 0 Å². The average molecular weight is 309 g/mol. The molecule has 22 heavy (non-hydrogen) atoms. The van der Waals surface area contributed by atoms with E-state index in [0.717, 1.165) is 0 Å². The second kappa shape index (κ2) is 6.88. The van der Waals surface area contributed by atoms with Crippen molar-refractivity contribution in [1.82, 2.24) is 5.32 Å². The van der Waals surface area contributed by atoms with Gasteiger partial charge < -0.3 is 15.8 Å². The van der Waals surface area contributed by atoms with Crippen molar-refractivity contribution in [1.29, 1.82) is 0 Å². The molecule has 8 nitrogen and oxygen atoms in total. The van der Waals surface area contributed by atoms with Gasteiger partial charge in [-0.25, -0.2) is 4.79 Å². The number of alkyl carbamates (subject to hydrolysis) is 1. The molecule has 1 rings (SSSR count). The molecule has 1 aromatic rings. The van der Waals surface area contributed by atoms with E-state index in [1.54, 1.807) is 20.8 Å². The van der Waals surface area contributed by atoms with Crippen LogP contribution in [0, 0.1) is 10.1 Å². The molecule has 0 spiro atoms. The first-order chi connectivity index (χ1) is 10.1. The number of nitrogens with one attached hydrogen (secondary N) is 1. The predicted octanol–water partition coefficient (Wildman–Crippen LogP) is 1.69. The van der Waals surface area contributed by atoms with Crippen LogP contribution in [0.15, 0.2) is 24.3 Å². The number of ether oxygens (including phenoxy) is 1. The summed E-state index contributed by atoms with van der Waals surface area (Å²) >= 11 is 0. The third kappa shape index (κ3) is 5.39. The predicted molar refractivity (Wildman–Crippen MR) is 79.3 cm³/mol. The van der Waals surface area contributed by atoms with E-state index in [1.807, 2.05) is 0 Å². The largest absolute Gasteiger partial charge is 0.444 e. The molecule has 0 radical (unpaired) electrons. The number of hydrogen-bond acceptors (Lipinski definition) is 5. The number of carbonyl (C=O) groups is 2. The van der Waals surface area contributed by atoms with Crippen LogP contribution in [0.4, 0.5) is 10.5 Å². The summed E-state index contributed by atoms with van der Waals surface area (Å²) in [7, 11) is 0. The van der Waals surface area contributed by atoms with Gasteiger partial charge >= 0.3 is 6.09 Å². The van der Waals surface area contributed by atoms with Gasteiger partial charge in [0.25, 0.3) is 5.69 Å². The van der Waals surface area contributed by atoms with Crippen LogP contribution in [0.2, 0.25) is 0 Å². The standard InChI is InChI=1S/C14H19N3O5/c1-14(2,3)22-13(19)16-8-11(12(15)18)9-4-6-10(7-5-9)17(20)21/h4-7,11H,8H2,1-3H3,(H2,15,18)(H,16,19)/t11-/m0/s1. The number of non-ortho nitro benzene ring substituents is 1. The minimum Gasteiger partial charge on any atom is -0.444 e. The molecule has 0 heterocycles. The maximum absolute atomic E-state index is 11.6. The highest BCUT2D eigenvalue weighted by molar-refractivity contribution is 5.83. The van der Waals surface area contributed by atoms with E-state index >= 15 is 0 Å². The summed E-state index contributed by atoms with van der Waals surface area (Å²) in [5.74, 6) is -1.45. The summed E-state index contributed by atoms with van der Waals surface area (Å²) in [6.07, 6.45) is -0.666. The van der Waals surface area contributed by atoms with Crippen LogP contribution < -0.4 is 11.1 Å². The Morgan fingerprint density at radius 1 is 1.32 bits per heavy atom. The van der Waals surface area contributed by atoms with E-state index in [1.165, 1.54) is 24.3 Å². The Bertz CT molecular complexity index is 563. The molecule has 1 aromatic carbocycles. The first kappa shape index (κ1) is 17.4. The van der Waals surface area contributed by atoms with Crippen LogP contribution in [-0.2, 0) is 9.53 Å². The maximum atomic E-state index is 11.6. The van der Waals surface area contributed by atoms with Crippen molar-refractivity contribution < 1.29 is 19.2 Å². The Labute approximate surface area is 127 Å². The van der Waals surface area contributed by atoms with Crippen LogP contribution in [0.25, 0.3) is 0 Å². The van der Waals surface area contributed by atoms with Crippen LogP contribution in [-0.4, -0.2) is 29.1 Å². The Kier molecular flexibility index (Phi) is 5.44. The van der Waals surface area contributed by atoms with Gasteiger partial charge in [0.15, 0.2) is 0 Å². The van der Waals surface area contributed by atoms with E-state index in [2.05, 4.69) is 5.32 Å². The molecule has 0 aliphatic rings. The Hall–Kier alpha value is -2.64. The lowest BCUT2D eigenvalue weighted by molar-refractivity contribution is -0.384. The summed E-state index contributed by atoms with van der Waals surface area (Å²) in [5, 5.41) is 13.1. The van der Waals surface area contributed by atoms with Crippen molar-refractivity contribution in [2.24, 2.45) is 5.73 Å². The third-order valence-corrected chi connectivity index (χ3v) is 2.70. The normalized spacial score (nSPS) is 12.3. The second-order valence-electron chi connectivity index (χ2n) is 5.69. The van der Waals surface area contributed by atoms with Gasteiger partial charge in [-0.1, -0.05) is 12.1 Å². The molecule has 0 aliphatic heterocycles. The Morgan fingerprint density at radius 3 is 2.27 bits per heavy atom. The number of hydrogen-bond donors (Lipinski definition) is 2. The van der Waals surface area contributed by atoms with Gasteiger partial charge in [-0.05, 0) is 26.3 Å². The van der Waals surface area contributed by atoms with Crippen molar-refractivity contribution in [3.63, 3.8) is 0 Å². The summed E-state index contributed by atoms with van der Waals surface area (Å²) in [4.78, 5) is 33.2. The smallest absolute Gasteiger partial charge is 0.407 e. The van der Waals surface area contributed by atoms with Crippen LogP contribution in [0.3, 0.4) is 0 Å². The third-order valence-electron chi connectivity index (χ3n) is 2.70. The number of benzene rings is 1. The van der Waals surface area contributed by atoms with E-state index in [-0.39, 0.29) is 12.2 Å². The van der Waals surface area contributed by atoms with E-state index in [4.69, 9.17) is 10.5 Å². The summed E-state index contributed by atoms with van der Waals surface area (Å²) in [6, 6.07) is 5.42. The van der Waals surface area contributed by atoms with E-state index < -0.39 is 28.4 Å². The van der Waals surface area contributed by atoms with Crippen molar-refractivity contribution in [2.75, 3.05) is 6.54 Å². The molecule has 0 aliphatic carbocycles. The molecule has 0 bridgehead atoms. The average Bonchev–Trinajstić information content (AvgIpc) is 2.37. The molecule has 0 aromatic heterocycles. The highest BCUT2D eigenvalue weighted by Gasteiger charge is 2.22. The number of nitrogens with zero attached hydrogens (tertiary/aromatic N) is 1. The van der Waals surface area contributed by atoms with Gasteiger partial charge in [0.05, 0.1) is 10.8 Å². The molecule has 3 N–H and O–H groups in total. The lowest BCUT2D eigenvalue weighted by Gasteiger charge is -2.21. The number of primary amides is 1. The fourth-order valence-corrected chi connectivity index (χ4v) is 1.71. The number of nitro benzene ring substituents is 1. The SMILES string of the molecule is CC(C)(C)OC(=O)NC[C@H](C(N)=O)c1ccc([N+](=O)[O-])cc1. The number of nitro groups is 1. The number of rotatable bonds is 5. The molecule has 0 fully saturated rings. The second-order valence-corrected chi connectivity index (χ2v) is 5.69. The molecular formula is C14H19N3O5. The highest BCUT2D eigenvalue weighted by Crippen LogP contribution is 2.19. The lowest BCUT2D eigenvalue weighted by atomic mass is 9.98. The quantitative estimate of drug-likeness (QED) is 0.632. The highest BCUT2D eigenvalue weighted by atomic mass is 16.6. The molecule has 0 unspecified atom stereocenters. The van der Waals surface area contributed by atoms with Crippen LogP contribution in [0.5, 0.6) is 0 Å². The molecule has 2 amide bonds. The first-order valence-electron chi connectivity index (χ1n) is 6.60. The van der Waals surface area contributed by atoms with Crippen LogP contribution in [0.1, 0.15) is 32.3 Å². The van der Waals surface area contributed by atoms with E-state index in [0.29, 0.717) is 5.56 Å². The van der Waals surface area contributed by atoms with Gasteiger partial charge in [0.2, 0.25) is 5.91 Å². The molecule has 1 atom stereocenters. The molecule has 0 saturated carbocycles. The van der Waals surface area contributed by atoms with Gasteiger partial charge in [-0.2, -0.15) is 0 Å². The molecule has 0 saturated heterocycles.